The number of rotatable bonds is 2. The van der Waals surface area contributed by atoms with E-state index in [2.05, 4.69) is 6.07 Å². The highest BCUT2D eigenvalue weighted by Crippen LogP contribution is 2.36. The van der Waals surface area contributed by atoms with Crippen LogP contribution in [0.25, 0.3) is 0 Å². The summed E-state index contributed by atoms with van der Waals surface area (Å²) in [5, 5.41) is 9.35. The average Bonchev–Trinajstić information content (AvgIpc) is 2.40. The van der Waals surface area contributed by atoms with Crippen LogP contribution in [0.2, 0.25) is 0 Å². The lowest BCUT2D eigenvalue weighted by atomic mass is 9.91. The number of anilines is 1. The maximum atomic E-state index is 9.35. The Morgan fingerprint density at radius 3 is 2.00 bits per heavy atom. The summed E-state index contributed by atoms with van der Waals surface area (Å²) in [5.74, 6) is 0. The summed E-state index contributed by atoms with van der Waals surface area (Å²) in [4.78, 5) is -1.16. The normalized spacial score (nSPS) is 13.6. The zero-order valence-electron chi connectivity index (χ0n) is 9.10. The summed E-state index contributed by atoms with van der Waals surface area (Å²) in [6.45, 7) is 0. The molecule has 0 saturated carbocycles. The number of hydrogen-bond donors (Lipinski definition) is 1. The van der Waals surface area contributed by atoms with Crippen LogP contribution in [0.1, 0.15) is 11.1 Å². The molecule has 2 nitrogen and oxygen atoms in total. The lowest BCUT2D eigenvalue weighted by Crippen LogP contribution is -2.17. The molecule has 0 bridgehead atoms. The van der Waals surface area contributed by atoms with Gasteiger partial charge in [0.25, 0.3) is 0 Å². The zero-order valence-corrected chi connectivity index (χ0v) is 9.85. The van der Waals surface area contributed by atoms with Crippen molar-refractivity contribution in [2.45, 2.75) is 4.87 Å². The monoisotopic (exact) mass is 242 g/mol. The first-order valence-corrected chi connectivity index (χ1v) is 5.56. The quantitative estimate of drug-likeness (QED) is 0.649. The summed E-state index contributed by atoms with van der Waals surface area (Å²) in [5.41, 5.74) is 7.76. The lowest BCUT2D eigenvalue weighted by Gasteiger charge is -2.20. The van der Waals surface area contributed by atoms with Crippen molar-refractivity contribution in [1.82, 2.24) is 0 Å². The van der Waals surface area contributed by atoms with Crippen LogP contribution in [-0.4, -0.2) is 0 Å². The molecule has 0 fully saturated rings. The van der Waals surface area contributed by atoms with Crippen LogP contribution in [0, 0.1) is 11.3 Å². The highest BCUT2D eigenvalue weighted by Gasteiger charge is 2.31. The Labute approximate surface area is 105 Å². The fraction of sp³-hybridized carbons (Fsp3) is 0.0714. The van der Waals surface area contributed by atoms with Gasteiger partial charge < -0.3 is 5.73 Å². The maximum Gasteiger partial charge on any atom is 0.180 e. The molecule has 0 amide bonds. The SMILES string of the molecule is N#C[C@@](Cl)(c1ccccc1)c1ccc(N)cc1. The lowest BCUT2D eigenvalue weighted by molar-refractivity contribution is 0.939. The van der Waals surface area contributed by atoms with Crippen molar-refractivity contribution in [1.29, 1.82) is 5.26 Å². The van der Waals surface area contributed by atoms with Crippen molar-refractivity contribution in [2.75, 3.05) is 5.73 Å². The summed E-state index contributed by atoms with van der Waals surface area (Å²) in [7, 11) is 0. The maximum absolute atomic E-state index is 9.35. The number of nitrogens with zero attached hydrogens (tertiary/aromatic N) is 1. The summed E-state index contributed by atoms with van der Waals surface area (Å²) in [6.07, 6.45) is 0. The van der Waals surface area contributed by atoms with Crippen molar-refractivity contribution in [3.63, 3.8) is 0 Å². The minimum absolute atomic E-state index is 0.652. The van der Waals surface area contributed by atoms with Gasteiger partial charge in [-0.2, -0.15) is 5.26 Å². The number of halogens is 1. The molecule has 17 heavy (non-hydrogen) atoms. The highest BCUT2D eigenvalue weighted by molar-refractivity contribution is 6.28. The molecular weight excluding hydrogens is 232 g/mol. The molecule has 0 aromatic heterocycles. The Morgan fingerprint density at radius 2 is 1.47 bits per heavy atom. The van der Waals surface area contributed by atoms with Gasteiger partial charge in [0.1, 0.15) is 0 Å². The third kappa shape index (κ3) is 2.11. The summed E-state index contributed by atoms with van der Waals surface area (Å²) < 4.78 is 0. The molecule has 0 aliphatic rings. The number of nitriles is 1. The average molecular weight is 243 g/mol. The standard InChI is InChI=1S/C14H11ClN2/c15-14(10-16,11-4-2-1-3-5-11)12-6-8-13(17)9-7-12/h1-9H,17H2/t14-/m1/s1. The van der Waals surface area contributed by atoms with E-state index in [9.17, 15) is 5.26 Å². The predicted molar refractivity (Wildman–Crippen MR) is 69.5 cm³/mol. The smallest absolute Gasteiger partial charge is 0.180 e. The van der Waals surface area contributed by atoms with E-state index in [1.807, 2.05) is 30.3 Å². The van der Waals surface area contributed by atoms with Gasteiger partial charge in [-0.15, -0.1) is 0 Å². The second-order valence-electron chi connectivity index (χ2n) is 3.76. The Morgan fingerprint density at radius 1 is 0.941 bits per heavy atom. The van der Waals surface area contributed by atoms with Crippen molar-refractivity contribution in [2.24, 2.45) is 0 Å². The van der Waals surface area contributed by atoms with Gasteiger partial charge in [-0.25, -0.2) is 0 Å². The van der Waals surface area contributed by atoms with Crippen LogP contribution < -0.4 is 5.73 Å². The van der Waals surface area contributed by atoms with E-state index in [1.165, 1.54) is 0 Å². The molecule has 3 heteroatoms. The number of hydrogen-bond acceptors (Lipinski definition) is 2. The Kier molecular flexibility index (Phi) is 3.03. The molecular formula is C14H11ClN2. The second kappa shape index (κ2) is 4.48. The topological polar surface area (TPSA) is 49.8 Å². The van der Waals surface area contributed by atoms with Crippen LogP contribution >= 0.6 is 11.6 Å². The Hall–Kier alpha value is -1.98. The third-order valence-electron chi connectivity index (χ3n) is 2.63. The van der Waals surface area contributed by atoms with E-state index >= 15 is 0 Å². The molecule has 2 aromatic carbocycles. The minimum atomic E-state index is -1.16. The minimum Gasteiger partial charge on any atom is -0.399 e. The second-order valence-corrected chi connectivity index (χ2v) is 4.33. The van der Waals surface area contributed by atoms with Gasteiger partial charge in [0.15, 0.2) is 4.87 Å². The molecule has 2 rings (SSSR count). The van der Waals surface area contributed by atoms with Crippen molar-refractivity contribution < 1.29 is 0 Å². The fourth-order valence-electron chi connectivity index (χ4n) is 1.68. The molecule has 2 N–H and O–H groups in total. The predicted octanol–water partition coefficient (Wildman–Crippen LogP) is 3.27. The Balaban J connectivity index is 2.53. The molecule has 0 radical (unpaired) electrons. The summed E-state index contributed by atoms with van der Waals surface area (Å²) in [6, 6.07) is 18.5. The number of nitrogens with two attached hydrogens (primary N) is 1. The van der Waals surface area contributed by atoms with Crippen molar-refractivity contribution >= 4 is 17.3 Å². The molecule has 0 aliphatic heterocycles. The number of nitrogen functional groups attached to an aromatic ring is 1. The van der Waals surface area contributed by atoms with E-state index in [-0.39, 0.29) is 0 Å². The largest absolute Gasteiger partial charge is 0.399 e. The van der Waals surface area contributed by atoms with Crippen LogP contribution in [0.15, 0.2) is 54.6 Å². The van der Waals surface area contributed by atoms with Crippen LogP contribution in [0.3, 0.4) is 0 Å². The van der Waals surface area contributed by atoms with Gasteiger partial charge in [0.05, 0.1) is 6.07 Å². The molecule has 0 saturated heterocycles. The van der Waals surface area contributed by atoms with Gasteiger partial charge >= 0.3 is 0 Å². The fourth-order valence-corrected chi connectivity index (χ4v) is 1.93. The van der Waals surface area contributed by atoms with E-state index in [1.54, 1.807) is 24.3 Å². The first kappa shape index (κ1) is 11.5. The molecule has 0 heterocycles. The van der Waals surface area contributed by atoms with Gasteiger partial charge in [0.2, 0.25) is 0 Å². The van der Waals surface area contributed by atoms with Gasteiger partial charge in [0, 0.05) is 5.69 Å². The Bertz CT molecular complexity index is 543. The van der Waals surface area contributed by atoms with Gasteiger partial charge in [-0.3, -0.25) is 0 Å². The molecule has 1 atom stereocenters. The van der Waals surface area contributed by atoms with E-state index < -0.39 is 4.87 Å². The van der Waals surface area contributed by atoms with Crippen molar-refractivity contribution in [3.05, 3.63) is 65.7 Å². The molecule has 0 spiro atoms. The number of benzene rings is 2. The zero-order chi connectivity index (χ0) is 12.3. The van der Waals surface area contributed by atoms with Crippen LogP contribution in [-0.2, 0) is 4.87 Å². The van der Waals surface area contributed by atoms with Crippen LogP contribution in [0.4, 0.5) is 5.69 Å². The molecule has 2 aromatic rings. The molecule has 84 valence electrons. The van der Waals surface area contributed by atoms with Crippen LogP contribution in [0.5, 0.6) is 0 Å². The third-order valence-corrected chi connectivity index (χ3v) is 3.16. The van der Waals surface area contributed by atoms with E-state index in [0.29, 0.717) is 5.69 Å². The number of alkyl halides is 1. The van der Waals surface area contributed by atoms with E-state index in [4.69, 9.17) is 17.3 Å². The first-order chi connectivity index (χ1) is 8.16. The highest BCUT2D eigenvalue weighted by atomic mass is 35.5. The van der Waals surface area contributed by atoms with Gasteiger partial charge in [-0.05, 0) is 23.3 Å². The molecule has 0 aliphatic carbocycles. The van der Waals surface area contributed by atoms with Crippen molar-refractivity contribution in [3.8, 4) is 6.07 Å². The van der Waals surface area contributed by atoms with E-state index in [0.717, 1.165) is 11.1 Å². The van der Waals surface area contributed by atoms with Gasteiger partial charge in [-0.1, -0.05) is 54.1 Å². The molecule has 0 unspecified atom stereocenters. The summed E-state index contributed by atoms with van der Waals surface area (Å²) >= 11 is 6.42. The first-order valence-electron chi connectivity index (χ1n) is 5.18.